The molecule has 38 heavy (non-hydrogen) atoms. The second-order valence-electron chi connectivity index (χ2n) is 8.52. The number of aromatic nitrogens is 3. The number of anilines is 4. The van der Waals surface area contributed by atoms with Gasteiger partial charge in [-0.25, -0.2) is 14.3 Å². The van der Waals surface area contributed by atoms with Gasteiger partial charge in [0.05, 0.1) is 29.7 Å². The highest BCUT2D eigenvalue weighted by molar-refractivity contribution is 6.02. The summed E-state index contributed by atoms with van der Waals surface area (Å²) in [5, 5.41) is 6.01. The van der Waals surface area contributed by atoms with Crippen LogP contribution in [0.25, 0.3) is 16.9 Å². The number of methoxy groups -OCH3 is 1. The summed E-state index contributed by atoms with van der Waals surface area (Å²) in [5.41, 5.74) is 2.90. The lowest BCUT2D eigenvalue weighted by molar-refractivity contribution is -0.111. The molecule has 2 N–H and O–H groups in total. The van der Waals surface area contributed by atoms with Gasteiger partial charge in [-0.1, -0.05) is 18.7 Å². The number of para-hydroxylation sites is 2. The highest BCUT2D eigenvalue weighted by Crippen LogP contribution is 2.38. The van der Waals surface area contributed by atoms with Crippen molar-refractivity contribution in [2.45, 2.75) is 0 Å². The van der Waals surface area contributed by atoms with Gasteiger partial charge in [0, 0.05) is 38.5 Å². The average Bonchev–Trinajstić information content (AvgIpc) is 3.23. The van der Waals surface area contributed by atoms with Crippen molar-refractivity contribution >= 4 is 52.4 Å². The number of nitrogens with one attached hydrogen (secondary N) is 2. The second-order valence-corrected chi connectivity index (χ2v) is 8.52. The van der Waals surface area contributed by atoms with E-state index in [4.69, 9.17) is 9.15 Å². The van der Waals surface area contributed by atoms with Crippen molar-refractivity contribution in [2.24, 2.45) is 0 Å². The normalized spacial score (nSPS) is 10.7. The van der Waals surface area contributed by atoms with Gasteiger partial charge < -0.3 is 29.6 Å². The van der Waals surface area contributed by atoms with Gasteiger partial charge in [0.2, 0.25) is 11.9 Å². The minimum absolute atomic E-state index is 0. The van der Waals surface area contributed by atoms with Gasteiger partial charge in [-0.05, 0) is 38.4 Å². The standard InChI is InChI=1S/C26H29N7O4.ClH/c1-6-24(34)28-17-15-18(22(36-5)16-20(17)32(4)14-13-31(2)3)29-25-27-12-11-23(30-25)33-19-9-7-8-10-21(19)37-26(33)35;/h6-12,15-16H,1,13-14H2,2-5H3,(H,28,34)(H,27,29,30);1H. The summed E-state index contributed by atoms with van der Waals surface area (Å²) in [6, 6.07) is 12.3. The number of carbonyl (C=O) groups excluding carboxylic acids is 1. The number of fused-ring (bicyclic) bond motifs is 1. The lowest BCUT2D eigenvalue weighted by atomic mass is 10.2. The smallest absolute Gasteiger partial charge is 0.425 e. The van der Waals surface area contributed by atoms with E-state index >= 15 is 0 Å². The predicted octanol–water partition coefficient (Wildman–Crippen LogP) is 3.67. The fourth-order valence-corrected chi connectivity index (χ4v) is 3.74. The first kappa shape index (κ1) is 28.2. The molecule has 1 amide bonds. The Balaban J connectivity index is 0.00000400. The molecule has 0 saturated carbocycles. The van der Waals surface area contributed by atoms with Crippen LogP contribution in [0.5, 0.6) is 5.75 Å². The zero-order valence-electron chi connectivity index (χ0n) is 21.6. The van der Waals surface area contributed by atoms with E-state index in [1.165, 1.54) is 16.8 Å². The molecule has 0 aliphatic carbocycles. The zero-order chi connectivity index (χ0) is 26.5. The summed E-state index contributed by atoms with van der Waals surface area (Å²) in [6.45, 7) is 5.09. The van der Waals surface area contributed by atoms with Crippen LogP contribution in [-0.4, -0.2) is 66.7 Å². The minimum atomic E-state index is -0.553. The summed E-state index contributed by atoms with van der Waals surface area (Å²) >= 11 is 0. The van der Waals surface area contributed by atoms with Crippen LogP contribution in [0.1, 0.15) is 0 Å². The number of carbonyl (C=O) groups is 1. The molecule has 0 atom stereocenters. The number of ether oxygens (including phenoxy) is 1. The van der Waals surface area contributed by atoms with E-state index in [0.717, 1.165) is 18.8 Å². The molecule has 4 rings (SSSR count). The fourth-order valence-electron chi connectivity index (χ4n) is 3.74. The average molecular weight is 540 g/mol. The molecule has 0 bridgehead atoms. The number of hydrogen-bond donors (Lipinski definition) is 2. The highest BCUT2D eigenvalue weighted by Gasteiger charge is 2.17. The van der Waals surface area contributed by atoms with Crippen LogP contribution in [0, 0.1) is 0 Å². The van der Waals surface area contributed by atoms with Crippen molar-refractivity contribution in [3.8, 4) is 11.6 Å². The maximum absolute atomic E-state index is 12.5. The van der Waals surface area contributed by atoms with Gasteiger partial charge in [0.25, 0.3) is 0 Å². The Kier molecular flexibility index (Phi) is 9.11. The molecule has 12 heteroatoms. The SMILES string of the molecule is C=CC(=O)Nc1cc(Nc2nccc(-n3c(=O)oc4ccccc43)n2)c(OC)cc1N(C)CCN(C)C.Cl. The lowest BCUT2D eigenvalue weighted by Gasteiger charge is -2.26. The molecule has 2 aromatic carbocycles. The molecule has 0 aliphatic rings. The monoisotopic (exact) mass is 539 g/mol. The molecule has 2 aromatic heterocycles. The van der Waals surface area contributed by atoms with Crippen LogP contribution in [0.2, 0.25) is 0 Å². The van der Waals surface area contributed by atoms with Gasteiger partial charge >= 0.3 is 5.76 Å². The van der Waals surface area contributed by atoms with Gasteiger partial charge in [-0.15, -0.1) is 12.4 Å². The number of hydrogen-bond acceptors (Lipinski definition) is 9. The van der Waals surface area contributed by atoms with E-state index < -0.39 is 5.76 Å². The van der Waals surface area contributed by atoms with Crippen LogP contribution in [0.3, 0.4) is 0 Å². The van der Waals surface area contributed by atoms with Crippen molar-refractivity contribution in [3.63, 3.8) is 0 Å². The summed E-state index contributed by atoms with van der Waals surface area (Å²) in [7, 11) is 7.49. The Morgan fingerprint density at radius 2 is 1.92 bits per heavy atom. The van der Waals surface area contributed by atoms with Crippen LogP contribution < -0.4 is 26.0 Å². The first-order valence-corrected chi connectivity index (χ1v) is 11.5. The number of benzene rings is 2. The summed E-state index contributed by atoms with van der Waals surface area (Å²) in [6.07, 6.45) is 2.75. The minimum Gasteiger partial charge on any atom is -0.494 e. The van der Waals surface area contributed by atoms with Crippen LogP contribution >= 0.6 is 12.4 Å². The molecule has 11 nitrogen and oxygen atoms in total. The lowest BCUT2D eigenvalue weighted by Crippen LogP contribution is -2.29. The van der Waals surface area contributed by atoms with E-state index in [1.54, 1.807) is 37.4 Å². The molecule has 200 valence electrons. The molecular weight excluding hydrogens is 510 g/mol. The number of nitrogens with zero attached hydrogens (tertiary/aromatic N) is 5. The van der Waals surface area contributed by atoms with Crippen molar-refractivity contribution in [1.29, 1.82) is 0 Å². The van der Waals surface area contributed by atoms with Gasteiger partial charge in [0.15, 0.2) is 5.58 Å². The number of halogens is 1. The predicted molar refractivity (Wildman–Crippen MR) is 152 cm³/mol. The first-order valence-electron chi connectivity index (χ1n) is 11.5. The first-order chi connectivity index (χ1) is 17.8. The summed E-state index contributed by atoms with van der Waals surface area (Å²) in [5.74, 6) is 0.184. The molecule has 0 fully saturated rings. The van der Waals surface area contributed by atoms with E-state index in [-0.39, 0.29) is 24.3 Å². The fraction of sp³-hybridized carbons (Fsp3) is 0.231. The third kappa shape index (κ3) is 6.13. The van der Waals surface area contributed by atoms with Gasteiger partial charge in [-0.2, -0.15) is 4.98 Å². The molecular formula is C26H30ClN7O4. The Morgan fingerprint density at radius 3 is 2.63 bits per heavy atom. The molecule has 0 radical (unpaired) electrons. The summed E-state index contributed by atoms with van der Waals surface area (Å²) < 4.78 is 12.3. The molecule has 0 aliphatic heterocycles. The topological polar surface area (TPSA) is 118 Å². The van der Waals surface area contributed by atoms with Crippen molar-refractivity contribution < 1.29 is 13.9 Å². The van der Waals surface area contributed by atoms with Crippen molar-refractivity contribution in [3.05, 3.63) is 71.9 Å². The third-order valence-corrected chi connectivity index (χ3v) is 5.66. The highest BCUT2D eigenvalue weighted by atomic mass is 35.5. The van der Waals surface area contributed by atoms with E-state index in [2.05, 4.69) is 32.1 Å². The number of likely N-dealkylation sites (N-methyl/N-ethyl adjacent to an activating group) is 2. The van der Waals surface area contributed by atoms with Crippen LogP contribution in [0.15, 0.2) is 70.5 Å². The van der Waals surface area contributed by atoms with Gasteiger partial charge in [-0.3, -0.25) is 4.79 Å². The van der Waals surface area contributed by atoms with E-state index in [1.807, 2.05) is 38.2 Å². The molecule has 0 saturated heterocycles. The van der Waals surface area contributed by atoms with E-state index in [9.17, 15) is 9.59 Å². The quantitative estimate of drug-likeness (QED) is 0.291. The van der Waals surface area contributed by atoms with E-state index in [0.29, 0.717) is 34.0 Å². The maximum Gasteiger partial charge on any atom is 0.425 e. The largest absolute Gasteiger partial charge is 0.494 e. The van der Waals surface area contributed by atoms with Crippen molar-refractivity contribution in [1.82, 2.24) is 19.4 Å². The molecule has 4 aromatic rings. The number of amides is 1. The Labute approximate surface area is 226 Å². The zero-order valence-corrected chi connectivity index (χ0v) is 22.4. The Morgan fingerprint density at radius 1 is 1.16 bits per heavy atom. The van der Waals surface area contributed by atoms with Crippen LogP contribution in [0.4, 0.5) is 23.0 Å². The summed E-state index contributed by atoms with van der Waals surface area (Å²) in [4.78, 5) is 37.6. The van der Waals surface area contributed by atoms with Gasteiger partial charge in [0.1, 0.15) is 11.6 Å². The maximum atomic E-state index is 12.5. The Bertz CT molecular complexity index is 1500. The molecule has 0 spiro atoms. The number of rotatable bonds is 10. The second kappa shape index (κ2) is 12.3. The Hall–Kier alpha value is -4.35. The molecule has 0 unspecified atom stereocenters. The van der Waals surface area contributed by atoms with Crippen LogP contribution in [-0.2, 0) is 4.79 Å². The molecule has 2 heterocycles. The number of oxazole rings is 1. The third-order valence-electron chi connectivity index (χ3n) is 5.66. The van der Waals surface area contributed by atoms with Crippen molar-refractivity contribution in [2.75, 3.05) is 56.9 Å².